The van der Waals surface area contributed by atoms with Crippen molar-refractivity contribution in [3.05, 3.63) is 83.9 Å². The number of Topliss-reactive ketones (excluding diaryl/α,β-unsaturated/α-hetero) is 1. The molecule has 0 aromatic heterocycles. The number of hydrogen-bond acceptors (Lipinski definition) is 7. The molecule has 9 heteroatoms. The summed E-state index contributed by atoms with van der Waals surface area (Å²) in [6.07, 6.45) is -4.58. The number of fused-ring (bicyclic) bond motifs is 1. The van der Waals surface area contributed by atoms with Crippen molar-refractivity contribution in [2.75, 3.05) is 6.61 Å². The van der Waals surface area contributed by atoms with Crippen LogP contribution in [0, 0.1) is 0 Å². The van der Waals surface area contributed by atoms with Gasteiger partial charge in [0.2, 0.25) is 11.8 Å². The van der Waals surface area contributed by atoms with Crippen LogP contribution in [0.3, 0.4) is 0 Å². The smallest absolute Gasteiger partial charge is 0.243 e. The van der Waals surface area contributed by atoms with Crippen molar-refractivity contribution in [2.45, 2.75) is 43.4 Å². The van der Waals surface area contributed by atoms with Gasteiger partial charge in [0.15, 0.2) is 12.1 Å². The molecule has 5 atom stereocenters. The van der Waals surface area contributed by atoms with Crippen molar-refractivity contribution >= 4 is 28.4 Å². The van der Waals surface area contributed by atoms with Gasteiger partial charge in [0.05, 0.1) is 13.0 Å². The average molecular weight is 493 g/mol. The molecule has 188 valence electrons. The normalized spacial score (nSPS) is 22.7. The molecule has 1 fully saturated rings. The Kier molecular flexibility index (Phi) is 8.07. The van der Waals surface area contributed by atoms with Crippen LogP contribution in [0.1, 0.15) is 11.1 Å². The van der Waals surface area contributed by atoms with Crippen LogP contribution in [0.4, 0.5) is 0 Å². The van der Waals surface area contributed by atoms with Gasteiger partial charge in [0.1, 0.15) is 24.3 Å². The zero-order chi connectivity index (χ0) is 25.7. The number of ether oxygens (including phenoxy) is 1. The highest BCUT2D eigenvalue weighted by molar-refractivity contribution is 5.96. The van der Waals surface area contributed by atoms with E-state index in [1.54, 1.807) is 24.3 Å². The van der Waals surface area contributed by atoms with E-state index >= 15 is 0 Å². The molecule has 1 unspecified atom stereocenters. The molecule has 0 radical (unpaired) electrons. The highest BCUT2D eigenvalue weighted by Crippen LogP contribution is 2.18. The third-order valence-electron chi connectivity index (χ3n) is 6.14. The molecule has 1 aliphatic heterocycles. The maximum atomic E-state index is 13.2. The molecule has 4 rings (SSSR count). The number of rotatable bonds is 8. The van der Waals surface area contributed by atoms with E-state index in [2.05, 4.69) is 10.6 Å². The van der Waals surface area contributed by atoms with E-state index in [1.165, 1.54) is 0 Å². The van der Waals surface area contributed by atoms with Crippen LogP contribution in [-0.4, -0.2) is 70.1 Å². The number of carbonyl (C=O) groups excluding carboxylic acids is 3. The van der Waals surface area contributed by atoms with Crippen molar-refractivity contribution in [2.24, 2.45) is 0 Å². The molecule has 1 heterocycles. The summed E-state index contributed by atoms with van der Waals surface area (Å²) in [6.45, 7) is -0.675. The molecular formula is C27H28N2O7. The van der Waals surface area contributed by atoms with Gasteiger partial charge in [-0.3, -0.25) is 14.4 Å². The van der Waals surface area contributed by atoms with E-state index in [9.17, 15) is 29.7 Å². The molecule has 0 saturated carbocycles. The lowest BCUT2D eigenvalue weighted by molar-refractivity contribution is -0.215. The lowest BCUT2D eigenvalue weighted by atomic mass is 9.98. The van der Waals surface area contributed by atoms with Gasteiger partial charge < -0.3 is 30.7 Å². The second-order valence-corrected chi connectivity index (χ2v) is 8.75. The third kappa shape index (κ3) is 5.95. The third-order valence-corrected chi connectivity index (χ3v) is 6.14. The van der Waals surface area contributed by atoms with Gasteiger partial charge in [-0.05, 0) is 21.9 Å². The molecule has 3 aromatic rings. The maximum Gasteiger partial charge on any atom is 0.243 e. The van der Waals surface area contributed by atoms with E-state index in [-0.39, 0.29) is 12.8 Å². The van der Waals surface area contributed by atoms with E-state index < -0.39 is 54.8 Å². The van der Waals surface area contributed by atoms with Crippen LogP contribution < -0.4 is 10.6 Å². The molecule has 1 saturated heterocycles. The summed E-state index contributed by atoms with van der Waals surface area (Å²) in [5.41, 5.74) is 1.55. The molecule has 0 spiro atoms. The minimum Gasteiger partial charge on any atom is -0.394 e. The molecule has 3 aromatic carbocycles. The van der Waals surface area contributed by atoms with Crippen molar-refractivity contribution in [1.82, 2.24) is 10.6 Å². The molecule has 1 aliphatic rings. The Bertz CT molecular complexity index is 1230. The number of benzene rings is 3. The molecule has 0 aliphatic carbocycles. The summed E-state index contributed by atoms with van der Waals surface area (Å²) in [5.74, 6) is -2.00. The Hall–Kier alpha value is -3.63. The second-order valence-electron chi connectivity index (χ2n) is 8.75. The quantitative estimate of drug-likeness (QED) is 0.303. The average Bonchev–Trinajstić information content (AvgIpc) is 2.88. The van der Waals surface area contributed by atoms with Crippen LogP contribution in [0.25, 0.3) is 10.8 Å². The molecule has 9 nitrogen and oxygen atoms in total. The van der Waals surface area contributed by atoms with Crippen molar-refractivity contribution < 1.29 is 34.4 Å². The summed E-state index contributed by atoms with van der Waals surface area (Å²) in [7, 11) is 0. The van der Waals surface area contributed by atoms with Crippen molar-refractivity contribution in [3.63, 3.8) is 0 Å². The summed E-state index contributed by atoms with van der Waals surface area (Å²) in [4.78, 5) is 38.5. The minimum absolute atomic E-state index is 0.0361. The van der Waals surface area contributed by atoms with Gasteiger partial charge in [-0.15, -0.1) is 0 Å². The summed E-state index contributed by atoms with van der Waals surface area (Å²) in [6, 6.07) is 19.9. The fourth-order valence-corrected chi connectivity index (χ4v) is 4.22. The zero-order valence-corrected chi connectivity index (χ0v) is 19.4. The number of aliphatic hydroxyl groups excluding tert-OH is 3. The largest absolute Gasteiger partial charge is 0.394 e. The van der Waals surface area contributed by atoms with Crippen LogP contribution in [0.5, 0.6) is 0 Å². The first kappa shape index (κ1) is 25.5. The molecular weight excluding hydrogens is 464 g/mol. The topological polar surface area (TPSA) is 145 Å². The number of carbonyl (C=O) groups is 3. The Morgan fingerprint density at radius 1 is 0.917 bits per heavy atom. The SMILES string of the molecule is O=C(Cc1ccc2ccccc2c1)N[C@H](Cc1ccccc1)C(=O)N[C@@H]1C(=O)[C@H](O)[C@@H](CO)OC1O. The van der Waals surface area contributed by atoms with E-state index in [1.807, 2.05) is 48.5 Å². The standard InChI is InChI=1S/C27H28N2O7/c30-15-21-24(32)25(33)23(27(35)36-21)29-26(34)20(13-16-6-2-1-3-7-16)28-22(31)14-17-10-11-18-8-4-5-9-19(18)12-17/h1-12,20-21,23-24,27,30,32,35H,13-15H2,(H,28,31)(H,29,34)/t20-,21-,23-,24-,27?/m1/s1. The number of nitrogens with one attached hydrogen (secondary N) is 2. The summed E-state index contributed by atoms with van der Waals surface area (Å²) in [5, 5.41) is 36.6. The first-order chi connectivity index (χ1) is 17.4. The van der Waals surface area contributed by atoms with Gasteiger partial charge in [-0.25, -0.2) is 0 Å². The number of hydrogen-bond donors (Lipinski definition) is 5. The lowest BCUT2D eigenvalue weighted by Crippen LogP contribution is -2.64. The summed E-state index contributed by atoms with van der Waals surface area (Å²) < 4.78 is 5.06. The van der Waals surface area contributed by atoms with Gasteiger partial charge in [0, 0.05) is 6.42 Å². The number of amides is 2. The first-order valence-corrected chi connectivity index (χ1v) is 11.6. The van der Waals surface area contributed by atoms with E-state index in [4.69, 9.17) is 4.74 Å². The Balaban J connectivity index is 1.48. The minimum atomic E-state index is -1.76. The Morgan fingerprint density at radius 2 is 1.61 bits per heavy atom. The molecule has 5 N–H and O–H groups in total. The van der Waals surface area contributed by atoms with Gasteiger partial charge in [-0.1, -0.05) is 72.8 Å². The van der Waals surface area contributed by atoms with Crippen molar-refractivity contribution in [3.8, 4) is 0 Å². The highest BCUT2D eigenvalue weighted by Gasteiger charge is 2.44. The number of ketones is 1. The summed E-state index contributed by atoms with van der Waals surface area (Å²) >= 11 is 0. The van der Waals surface area contributed by atoms with Gasteiger partial charge >= 0.3 is 0 Å². The Labute approximate surface area is 207 Å². The predicted octanol–water partition coefficient (Wildman–Crippen LogP) is 0.234. The first-order valence-electron chi connectivity index (χ1n) is 11.6. The zero-order valence-electron chi connectivity index (χ0n) is 19.4. The van der Waals surface area contributed by atoms with Gasteiger partial charge in [0.25, 0.3) is 0 Å². The predicted molar refractivity (Wildman–Crippen MR) is 131 cm³/mol. The van der Waals surface area contributed by atoms with Gasteiger partial charge in [-0.2, -0.15) is 0 Å². The van der Waals surface area contributed by atoms with Crippen molar-refractivity contribution in [1.29, 1.82) is 0 Å². The molecule has 2 amide bonds. The van der Waals surface area contributed by atoms with E-state index in [0.29, 0.717) is 0 Å². The van der Waals surface area contributed by atoms with Crippen LogP contribution in [-0.2, 0) is 32.0 Å². The van der Waals surface area contributed by atoms with E-state index in [0.717, 1.165) is 21.9 Å². The fraction of sp³-hybridized carbons (Fsp3) is 0.296. The van der Waals surface area contributed by atoms with Crippen LogP contribution in [0.15, 0.2) is 72.8 Å². The molecule has 0 bridgehead atoms. The maximum absolute atomic E-state index is 13.2. The molecule has 36 heavy (non-hydrogen) atoms. The lowest BCUT2D eigenvalue weighted by Gasteiger charge is -2.35. The monoisotopic (exact) mass is 492 g/mol. The second kappa shape index (κ2) is 11.4. The Morgan fingerprint density at radius 3 is 2.33 bits per heavy atom. The fourth-order valence-electron chi connectivity index (χ4n) is 4.22. The van der Waals surface area contributed by atoms with Crippen LogP contribution in [0.2, 0.25) is 0 Å². The van der Waals surface area contributed by atoms with Crippen LogP contribution >= 0.6 is 0 Å². The number of aliphatic hydroxyl groups is 3. The highest BCUT2D eigenvalue weighted by atomic mass is 16.6.